The minimum absolute atomic E-state index is 0.0185. The number of carbonyl (C=O) groups is 1. The van der Waals surface area contributed by atoms with Crippen LogP contribution in [-0.4, -0.2) is 11.0 Å². The lowest BCUT2D eigenvalue weighted by Gasteiger charge is -1.95. The topological polar surface area (TPSA) is 29.4 Å². The molecule has 0 atom stereocenters. The van der Waals surface area contributed by atoms with Gasteiger partial charge >= 0.3 is 0 Å². The number of halogens is 1. The normalized spacial score (nSPS) is 18.6. The number of nitrogens with zero attached hydrogens (tertiary/aromatic N) is 1. The zero-order chi connectivity index (χ0) is 5.98. The molecule has 0 saturated heterocycles. The van der Waals surface area contributed by atoms with Crippen LogP contribution in [0, 0.1) is 0 Å². The summed E-state index contributed by atoms with van der Waals surface area (Å²) in [5, 5.41) is 0.373. The molecule has 0 spiro atoms. The molecule has 0 aliphatic carbocycles. The molecule has 0 saturated carbocycles. The van der Waals surface area contributed by atoms with Crippen molar-refractivity contribution >= 4 is 22.6 Å². The maximum atomic E-state index is 10.4. The summed E-state index contributed by atoms with van der Waals surface area (Å²) in [6.45, 7) is 0. The Morgan fingerprint density at radius 2 is 2.50 bits per heavy atom. The third-order valence-electron chi connectivity index (χ3n) is 0.795. The van der Waals surface area contributed by atoms with Gasteiger partial charge in [-0.05, 0) is 6.08 Å². The average molecular weight is 130 g/mol. The Bertz CT molecular complexity index is 171. The molecule has 1 aliphatic heterocycles. The molecule has 3 heteroatoms. The maximum absolute atomic E-state index is 10.4. The maximum Gasteiger partial charge on any atom is 0.164 e. The van der Waals surface area contributed by atoms with Gasteiger partial charge in [-0.3, -0.25) is 4.79 Å². The molecule has 1 aliphatic rings. The summed E-state index contributed by atoms with van der Waals surface area (Å²) in [5.74, 6) is 0.0185. The number of hydrogen-bond donors (Lipinski definition) is 0. The summed E-state index contributed by atoms with van der Waals surface area (Å²) in [5.41, 5.74) is 0. The van der Waals surface area contributed by atoms with Gasteiger partial charge in [0, 0.05) is 6.20 Å². The zero-order valence-corrected chi connectivity index (χ0v) is 4.85. The van der Waals surface area contributed by atoms with Gasteiger partial charge in [0.05, 0.1) is 6.42 Å². The van der Waals surface area contributed by atoms with Crippen LogP contribution in [0.25, 0.3) is 0 Å². The second-order valence-electron chi connectivity index (χ2n) is 1.46. The third kappa shape index (κ3) is 1.17. The fourth-order valence-electron chi connectivity index (χ4n) is 0.450. The fourth-order valence-corrected chi connectivity index (χ4v) is 0.638. The Hall–Kier alpha value is -0.630. The van der Waals surface area contributed by atoms with Gasteiger partial charge in [0.15, 0.2) is 5.78 Å². The van der Waals surface area contributed by atoms with E-state index >= 15 is 0 Å². The molecule has 0 N–H and O–H groups in total. The van der Waals surface area contributed by atoms with Crippen molar-refractivity contribution in [2.24, 2.45) is 4.99 Å². The Morgan fingerprint density at radius 3 is 2.88 bits per heavy atom. The molecule has 8 heavy (non-hydrogen) atoms. The highest BCUT2D eigenvalue weighted by molar-refractivity contribution is 6.67. The SMILES string of the molecule is O=C1C=CN=C(Cl)C1. The number of hydrogen-bond acceptors (Lipinski definition) is 2. The highest BCUT2D eigenvalue weighted by Gasteiger charge is 2.03. The van der Waals surface area contributed by atoms with Gasteiger partial charge < -0.3 is 0 Å². The first-order valence-corrected chi connectivity index (χ1v) is 2.58. The van der Waals surface area contributed by atoms with E-state index in [0.29, 0.717) is 5.17 Å². The van der Waals surface area contributed by atoms with E-state index in [1.54, 1.807) is 0 Å². The van der Waals surface area contributed by atoms with Gasteiger partial charge in [-0.2, -0.15) is 0 Å². The summed E-state index contributed by atoms with van der Waals surface area (Å²) in [6, 6.07) is 0. The van der Waals surface area contributed by atoms with E-state index in [-0.39, 0.29) is 12.2 Å². The van der Waals surface area contributed by atoms with E-state index < -0.39 is 0 Å². The molecule has 0 fully saturated rings. The fraction of sp³-hybridized carbons (Fsp3) is 0.200. The van der Waals surface area contributed by atoms with Crippen LogP contribution >= 0.6 is 11.6 Å². The molecule has 0 aromatic rings. The predicted octanol–water partition coefficient (Wildman–Crippen LogP) is 1.11. The predicted molar refractivity (Wildman–Crippen MR) is 32.1 cm³/mol. The van der Waals surface area contributed by atoms with Crippen LogP contribution in [0.5, 0.6) is 0 Å². The third-order valence-corrected chi connectivity index (χ3v) is 1.03. The lowest BCUT2D eigenvalue weighted by Crippen LogP contribution is -2.01. The monoisotopic (exact) mass is 129 g/mol. The summed E-state index contributed by atoms with van der Waals surface area (Å²) in [4.78, 5) is 14.1. The quantitative estimate of drug-likeness (QED) is 0.482. The van der Waals surface area contributed by atoms with Gasteiger partial charge in [-0.25, -0.2) is 4.99 Å². The van der Waals surface area contributed by atoms with Crippen molar-refractivity contribution in [3.8, 4) is 0 Å². The number of rotatable bonds is 0. The molecular formula is C5H4ClNO. The summed E-state index contributed by atoms with van der Waals surface area (Å²) < 4.78 is 0. The van der Waals surface area contributed by atoms with Crippen molar-refractivity contribution in [3.63, 3.8) is 0 Å². The minimum atomic E-state index is 0.0185. The van der Waals surface area contributed by atoms with Crippen LogP contribution in [0.1, 0.15) is 6.42 Å². The Labute approximate surface area is 51.9 Å². The van der Waals surface area contributed by atoms with Crippen molar-refractivity contribution in [3.05, 3.63) is 12.3 Å². The molecule has 0 unspecified atom stereocenters. The van der Waals surface area contributed by atoms with Crippen LogP contribution in [0.15, 0.2) is 17.3 Å². The molecule has 0 bridgehead atoms. The van der Waals surface area contributed by atoms with E-state index in [4.69, 9.17) is 11.6 Å². The number of carbonyl (C=O) groups excluding carboxylic acids is 1. The smallest absolute Gasteiger partial charge is 0.164 e. The minimum Gasteiger partial charge on any atom is -0.294 e. The van der Waals surface area contributed by atoms with E-state index in [0.717, 1.165) is 0 Å². The molecule has 1 rings (SSSR count). The Kier molecular flexibility index (Phi) is 1.44. The molecule has 2 nitrogen and oxygen atoms in total. The lowest BCUT2D eigenvalue weighted by atomic mass is 10.3. The first-order chi connectivity index (χ1) is 3.79. The molecule has 1 heterocycles. The standard InChI is InChI=1S/C5H4ClNO/c6-5-3-4(8)1-2-7-5/h1-2H,3H2. The van der Waals surface area contributed by atoms with Crippen LogP contribution in [0.3, 0.4) is 0 Å². The molecule has 0 amide bonds. The summed E-state index contributed by atoms with van der Waals surface area (Å²) in [6.07, 6.45) is 3.08. The highest BCUT2D eigenvalue weighted by atomic mass is 35.5. The van der Waals surface area contributed by atoms with Crippen LogP contribution in [-0.2, 0) is 4.79 Å². The molecule has 0 aromatic carbocycles. The van der Waals surface area contributed by atoms with E-state index in [9.17, 15) is 4.79 Å². The van der Waals surface area contributed by atoms with E-state index in [1.807, 2.05) is 0 Å². The second-order valence-corrected chi connectivity index (χ2v) is 1.90. The van der Waals surface area contributed by atoms with Crippen molar-refractivity contribution < 1.29 is 4.79 Å². The van der Waals surface area contributed by atoms with Gasteiger partial charge in [-0.1, -0.05) is 11.6 Å². The highest BCUT2D eigenvalue weighted by Crippen LogP contribution is 2.01. The largest absolute Gasteiger partial charge is 0.294 e. The van der Waals surface area contributed by atoms with Gasteiger partial charge in [0.1, 0.15) is 5.17 Å². The number of ketones is 1. The Balaban J connectivity index is 2.73. The van der Waals surface area contributed by atoms with E-state index in [2.05, 4.69) is 4.99 Å². The summed E-state index contributed by atoms with van der Waals surface area (Å²) in [7, 11) is 0. The van der Waals surface area contributed by atoms with Crippen molar-refractivity contribution in [2.45, 2.75) is 6.42 Å². The molecule has 42 valence electrons. The van der Waals surface area contributed by atoms with Crippen LogP contribution in [0.4, 0.5) is 0 Å². The molecule has 0 aromatic heterocycles. The van der Waals surface area contributed by atoms with Crippen molar-refractivity contribution in [2.75, 3.05) is 0 Å². The van der Waals surface area contributed by atoms with E-state index in [1.165, 1.54) is 12.3 Å². The zero-order valence-electron chi connectivity index (χ0n) is 4.10. The average Bonchev–Trinajstić information content (AvgIpc) is 1.64. The van der Waals surface area contributed by atoms with Crippen molar-refractivity contribution in [1.29, 1.82) is 0 Å². The first-order valence-electron chi connectivity index (χ1n) is 2.20. The van der Waals surface area contributed by atoms with Gasteiger partial charge in [0.2, 0.25) is 0 Å². The van der Waals surface area contributed by atoms with Crippen molar-refractivity contribution in [1.82, 2.24) is 0 Å². The lowest BCUT2D eigenvalue weighted by molar-refractivity contribution is -0.113. The van der Waals surface area contributed by atoms with Gasteiger partial charge in [-0.15, -0.1) is 0 Å². The molecule has 0 radical (unpaired) electrons. The van der Waals surface area contributed by atoms with Crippen LogP contribution < -0.4 is 0 Å². The first kappa shape index (κ1) is 5.51. The number of allylic oxidation sites excluding steroid dienone is 1. The van der Waals surface area contributed by atoms with Crippen LogP contribution in [0.2, 0.25) is 0 Å². The number of aliphatic imine (C=N–C) groups is 1. The summed E-state index contributed by atoms with van der Waals surface area (Å²) >= 11 is 5.39. The van der Waals surface area contributed by atoms with Gasteiger partial charge in [0.25, 0.3) is 0 Å². The Morgan fingerprint density at radius 1 is 1.75 bits per heavy atom. The second kappa shape index (κ2) is 2.09. The molecular weight excluding hydrogens is 126 g/mol.